The lowest BCUT2D eigenvalue weighted by Gasteiger charge is -2.31. The molecular formula is C17H27NO4S2. The Labute approximate surface area is 149 Å². The summed E-state index contributed by atoms with van der Waals surface area (Å²) in [5.41, 5.74) is 0. The molecule has 1 N–H and O–H groups in total. The molecule has 0 aliphatic carbocycles. The van der Waals surface area contributed by atoms with E-state index in [0.717, 1.165) is 30.6 Å². The molecule has 136 valence electrons. The molecule has 1 aromatic rings. The van der Waals surface area contributed by atoms with Crippen molar-refractivity contribution in [2.75, 3.05) is 13.7 Å². The largest absolute Gasteiger partial charge is 0.380 e. The van der Waals surface area contributed by atoms with Crippen molar-refractivity contribution >= 4 is 22.1 Å². The summed E-state index contributed by atoms with van der Waals surface area (Å²) < 4.78 is 37.3. The normalized spacial score (nSPS) is 25.1. The number of nitrogens with one attached hydrogen (secondary N) is 1. The van der Waals surface area contributed by atoms with Crippen LogP contribution in [0.1, 0.15) is 39.0 Å². The third-order valence-corrected chi connectivity index (χ3v) is 6.56. The number of benzene rings is 1. The zero-order chi connectivity index (χ0) is 17.4. The Morgan fingerprint density at radius 3 is 2.75 bits per heavy atom. The first-order valence-electron chi connectivity index (χ1n) is 8.47. The molecule has 0 unspecified atom stereocenters. The molecule has 1 aliphatic rings. The lowest BCUT2D eigenvalue weighted by Crippen LogP contribution is -2.48. The summed E-state index contributed by atoms with van der Waals surface area (Å²) in [7, 11) is -2.09. The molecule has 24 heavy (non-hydrogen) atoms. The van der Waals surface area contributed by atoms with Gasteiger partial charge in [0.15, 0.2) is 0 Å². The maximum atomic E-state index is 12.0. The predicted molar refractivity (Wildman–Crippen MR) is 97.4 cm³/mol. The Morgan fingerprint density at radius 2 is 2.08 bits per heavy atom. The van der Waals surface area contributed by atoms with Gasteiger partial charge in [-0.05, 0) is 18.6 Å². The van der Waals surface area contributed by atoms with Crippen LogP contribution < -0.4 is 4.72 Å². The van der Waals surface area contributed by atoms with Gasteiger partial charge in [0.1, 0.15) is 0 Å². The Hall–Kier alpha value is -0.600. The summed E-state index contributed by atoms with van der Waals surface area (Å²) in [4.78, 5) is 1.14. The second kappa shape index (κ2) is 9.77. The SMILES string of the molecule is CCCCC[C@H](Sc1ccccc1)[C@H]1NS(=O)(=O)OCC[C@H]1OC. The molecule has 5 nitrogen and oxygen atoms in total. The summed E-state index contributed by atoms with van der Waals surface area (Å²) in [6, 6.07) is 9.79. The lowest BCUT2D eigenvalue weighted by molar-refractivity contribution is 0.0641. The van der Waals surface area contributed by atoms with Crippen LogP contribution in [0.5, 0.6) is 0 Å². The van der Waals surface area contributed by atoms with E-state index < -0.39 is 10.3 Å². The van der Waals surface area contributed by atoms with Gasteiger partial charge < -0.3 is 4.74 Å². The molecule has 0 bridgehead atoms. The van der Waals surface area contributed by atoms with Crippen molar-refractivity contribution in [3.63, 3.8) is 0 Å². The molecule has 1 saturated heterocycles. The van der Waals surface area contributed by atoms with Gasteiger partial charge in [0.25, 0.3) is 0 Å². The maximum absolute atomic E-state index is 12.0. The highest BCUT2D eigenvalue weighted by Gasteiger charge is 2.36. The van der Waals surface area contributed by atoms with E-state index in [1.54, 1.807) is 18.9 Å². The maximum Gasteiger partial charge on any atom is 0.336 e. The van der Waals surface area contributed by atoms with Crippen LogP contribution in [0.3, 0.4) is 0 Å². The van der Waals surface area contributed by atoms with Gasteiger partial charge in [-0.2, -0.15) is 13.1 Å². The summed E-state index contributed by atoms with van der Waals surface area (Å²) >= 11 is 1.71. The first-order valence-corrected chi connectivity index (χ1v) is 10.8. The van der Waals surface area contributed by atoms with Gasteiger partial charge in [-0.15, -0.1) is 11.8 Å². The molecule has 2 rings (SSSR count). The van der Waals surface area contributed by atoms with E-state index >= 15 is 0 Å². The fourth-order valence-corrected chi connectivity index (χ4v) is 5.35. The fourth-order valence-electron chi connectivity index (χ4n) is 2.89. The van der Waals surface area contributed by atoms with E-state index in [9.17, 15) is 8.42 Å². The minimum atomic E-state index is -3.72. The standard InChI is InChI=1S/C17H27NO4S2/c1-3-4-6-11-16(23-14-9-7-5-8-10-14)17-15(21-2)12-13-22-24(19,20)18-17/h5,7-10,15-18H,3-4,6,11-13H2,1-2H3/t15-,16+,17+/m1/s1. The quantitative estimate of drug-likeness (QED) is 0.559. The van der Waals surface area contributed by atoms with Gasteiger partial charge in [0.2, 0.25) is 0 Å². The molecular weight excluding hydrogens is 346 g/mol. The number of thioether (sulfide) groups is 1. The summed E-state index contributed by atoms with van der Waals surface area (Å²) in [6.07, 6.45) is 4.64. The minimum Gasteiger partial charge on any atom is -0.380 e. The van der Waals surface area contributed by atoms with Crippen molar-refractivity contribution in [2.45, 2.75) is 61.3 Å². The third kappa shape index (κ3) is 6.04. The van der Waals surface area contributed by atoms with Crippen LogP contribution in [-0.4, -0.2) is 39.5 Å². The summed E-state index contributed by atoms with van der Waals surface area (Å²) in [6.45, 7) is 2.32. The second-order valence-electron chi connectivity index (χ2n) is 5.95. The predicted octanol–water partition coefficient (Wildman–Crippen LogP) is 3.37. The van der Waals surface area contributed by atoms with Gasteiger partial charge in [0, 0.05) is 23.7 Å². The second-order valence-corrected chi connectivity index (χ2v) is 8.64. The van der Waals surface area contributed by atoms with Gasteiger partial charge in [-0.25, -0.2) is 0 Å². The first-order chi connectivity index (χ1) is 11.6. The molecule has 1 heterocycles. The van der Waals surface area contributed by atoms with Crippen molar-refractivity contribution in [3.05, 3.63) is 30.3 Å². The molecule has 1 aliphatic heterocycles. The molecule has 0 aromatic heterocycles. The first kappa shape index (κ1) is 19.7. The molecule has 7 heteroatoms. The van der Waals surface area contributed by atoms with E-state index in [-0.39, 0.29) is 24.0 Å². The molecule has 0 radical (unpaired) electrons. The van der Waals surface area contributed by atoms with E-state index in [2.05, 4.69) is 23.8 Å². The topological polar surface area (TPSA) is 64.6 Å². The smallest absolute Gasteiger partial charge is 0.336 e. The van der Waals surface area contributed by atoms with Gasteiger partial charge in [-0.1, -0.05) is 44.4 Å². The zero-order valence-corrected chi connectivity index (χ0v) is 15.9. The van der Waals surface area contributed by atoms with Crippen molar-refractivity contribution < 1.29 is 17.3 Å². The molecule has 0 saturated carbocycles. The summed E-state index contributed by atoms with van der Waals surface area (Å²) in [5.74, 6) is 0. The zero-order valence-electron chi connectivity index (χ0n) is 14.3. The van der Waals surface area contributed by atoms with Crippen LogP contribution in [0.15, 0.2) is 35.2 Å². The Morgan fingerprint density at radius 1 is 1.33 bits per heavy atom. The minimum absolute atomic E-state index is 0.0976. The van der Waals surface area contributed by atoms with Crippen molar-refractivity contribution in [3.8, 4) is 0 Å². The fraction of sp³-hybridized carbons (Fsp3) is 0.647. The van der Waals surface area contributed by atoms with Crippen LogP contribution in [-0.2, 0) is 19.2 Å². The summed E-state index contributed by atoms with van der Waals surface area (Å²) in [5, 5.41) is 0.0976. The van der Waals surface area contributed by atoms with Crippen LogP contribution in [0.2, 0.25) is 0 Å². The molecule has 0 amide bonds. The average Bonchev–Trinajstić information content (AvgIpc) is 2.72. The van der Waals surface area contributed by atoms with Crippen molar-refractivity contribution in [2.24, 2.45) is 0 Å². The number of methoxy groups -OCH3 is 1. The number of unbranched alkanes of at least 4 members (excludes halogenated alkanes) is 2. The van der Waals surface area contributed by atoms with E-state index in [0.29, 0.717) is 6.42 Å². The van der Waals surface area contributed by atoms with Crippen LogP contribution in [0.25, 0.3) is 0 Å². The highest BCUT2D eigenvalue weighted by Crippen LogP contribution is 2.32. The Balaban J connectivity index is 2.20. The molecule has 1 fully saturated rings. The van der Waals surface area contributed by atoms with E-state index in [1.807, 2.05) is 18.2 Å². The van der Waals surface area contributed by atoms with Crippen LogP contribution in [0, 0.1) is 0 Å². The van der Waals surface area contributed by atoms with E-state index in [4.69, 9.17) is 8.92 Å². The average molecular weight is 374 g/mol. The Bertz CT molecular complexity index is 580. The molecule has 3 atom stereocenters. The number of hydrogen-bond acceptors (Lipinski definition) is 5. The van der Waals surface area contributed by atoms with Gasteiger partial charge in [-0.3, -0.25) is 4.18 Å². The van der Waals surface area contributed by atoms with Crippen LogP contribution in [0.4, 0.5) is 0 Å². The lowest BCUT2D eigenvalue weighted by atomic mass is 10.0. The number of rotatable bonds is 8. The third-order valence-electron chi connectivity index (χ3n) is 4.15. The van der Waals surface area contributed by atoms with Crippen LogP contribution >= 0.6 is 11.8 Å². The van der Waals surface area contributed by atoms with Gasteiger partial charge >= 0.3 is 10.3 Å². The molecule has 0 spiro atoms. The monoisotopic (exact) mass is 373 g/mol. The molecule has 1 aromatic carbocycles. The highest BCUT2D eigenvalue weighted by molar-refractivity contribution is 8.00. The van der Waals surface area contributed by atoms with E-state index in [1.165, 1.54) is 0 Å². The van der Waals surface area contributed by atoms with Crippen molar-refractivity contribution in [1.82, 2.24) is 4.72 Å². The number of hydrogen-bond donors (Lipinski definition) is 1. The Kier molecular flexibility index (Phi) is 8.03. The highest BCUT2D eigenvalue weighted by atomic mass is 32.2. The van der Waals surface area contributed by atoms with Gasteiger partial charge in [0.05, 0.1) is 18.8 Å². The van der Waals surface area contributed by atoms with Crippen molar-refractivity contribution in [1.29, 1.82) is 0 Å². The number of ether oxygens (including phenoxy) is 1.